The molecule has 5 unspecified atom stereocenters. The summed E-state index contributed by atoms with van der Waals surface area (Å²) in [4.78, 5) is 14.4. The van der Waals surface area contributed by atoms with Gasteiger partial charge in [-0.05, 0) is 19.4 Å². The molecule has 3 saturated heterocycles. The molecule has 5 nitrogen and oxygen atoms in total. The van der Waals surface area contributed by atoms with Gasteiger partial charge < -0.3 is 14.2 Å². The molecule has 5 atom stereocenters. The molecule has 20 heavy (non-hydrogen) atoms. The zero-order valence-electron chi connectivity index (χ0n) is 11.8. The lowest BCUT2D eigenvalue weighted by Crippen LogP contribution is -2.66. The van der Waals surface area contributed by atoms with Crippen LogP contribution in [0.5, 0.6) is 0 Å². The van der Waals surface area contributed by atoms with Crippen molar-refractivity contribution in [1.29, 1.82) is 0 Å². The first kappa shape index (κ1) is 12.8. The molecule has 0 N–H and O–H groups in total. The van der Waals surface area contributed by atoms with Crippen LogP contribution in [0.4, 0.5) is 0 Å². The van der Waals surface area contributed by atoms with Gasteiger partial charge in [-0.25, -0.2) is 0 Å². The van der Waals surface area contributed by atoms with Crippen LogP contribution in [-0.2, 0) is 19.0 Å². The number of hydrogen-bond acceptors (Lipinski definition) is 5. The molecule has 0 radical (unpaired) electrons. The quantitative estimate of drug-likeness (QED) is 0.439. The van der Waals surface area contributed by atoms with E-state index in [1.165, 1.54) is 6.42 Å². The van der Waals surface area contributed by atoms with Crippen molar-refractivity contribution in [3.63, 3.8) is 0 Å². The Bertz CT molecular complexity index is 451. The maximum atomic E-state index is 11.9. The smallest absolute Gasteiger partial charge is 0.307 e. The van der Waals surface area contributed by atoms with E-state index in [1.54, 1.807) is 7.11 Å². The van der Waals surface area contributed by atoms with Crippen molar-refractivity contribution >= 4 is 5.97 Å². The van der Waals surface area contributed by atoms with Gasteiger partial charge in [0, 0.05) is 31.5 Å². The van der Waals surface area contributed by atoms with Crippen molar-refractivity contribution in [3.8, 4) is 0 Å². The normalized spacial score (nSPS) is 46.1. The van der Waals surface area contributed by atoms with Crippen molar-refractivity contribution in [3.05, 3.63) is 12.2 Å². The number of rotatable bonds is 3. The number of nitrogens with zero attached hydrogens (tertiary/aromatic N) is 1. The van der Waals surface area contributed by atoms with Crippen LogP contribution in [0.2, 0.25) is 0 Å². The highest BCUT2D eigenvalue weighted by molar-refractivity contribution is 5.74. The Morgan fingerprint density at radius 3 is 3.25 bits per heavy atom. The Kier molecular flexibility index (Phi) is 2.91. The lowest BCUT2D eigenvalue weighted by atomic mass is 9.69. The van der Waals surface area contributed by atoms with Gasteiger partial charge in [0.1, 0.15) is 18.5 Å². The van der Waals surface area contributed by atoms with E-state index in [9.17, 15) is 4.79 Å². The number of esters is 1. The van der Waals surface area contributed by atoms with Gasteiger partial charge in [0.2, 0.25) is 0 Å². The summed E-state index contributed by atoms with van der Waals surface area (Å²) in [5.74, 6) is 0.0774. The molecule has 4 rings (SSSR count). The molecular formula is C15H21NO4. The van der Waals surface area contributed by atoms with E-state index in [0.717, 1.165) is 19.4 Å². The van der Waals surface area contributed by atoms with Gasteiger partial charge in [-0.15, -0.1) is 0 Å². The summed E-state index contributed by atoms with van der Waals surface area (Å²) in [7, 11) is 1.63. The minimum Gasteiger partial charge on any atom is -0.455 e. The van der Waals surface area contributed by atoms with Crippen LogP contribution < -0.4 is 0 Å². The second-order valence-corrected chi connectivity index (χ2v) is 6.34. The Labute approximate surface area is 118 Å². The minimum absolute atomic E-state index is 0.0670. The second kappa shape index (κ2) is 4.55. The Hall–Kier alpha value is -0.910. The minimum atomic E-state index is -0.458. The van der Waals surface area contributed by atoms with Crippen molar-refractivity contribution in [2.45, 2.75) is 49.5 Å². The maximum Gasteiger partial charge on any atom is 0.307 e. The summed E-state index contributed by atoms with van der Waals surface area (Å²) in [6.07, 6.45) is 8.05. The maximum absolute atomic E-state index is 11.9. The van der Waals surface area contributed by atoms with Crippen LogP contribution in [0.15, 0.2) is 12.2 Å². The molecule has 0 aromatic heterocycles. The van der Waals surface area contributed by atoms with Crippen LogP contribution in [0.1, 0.15) is 25.7 Å². The zero-order chi connectivity index (χ0) is 13.7. The number of methoxy groups -OCH3 is 1. The van der Waals surface area contributed by atoms with Crippen LogP contribution in [0.25, 0.3) is 0 Å². The third kappa shape index (κ3) is 1.63. The third-order valence-electron chi connectivity index (χ3n) is 5.38. The van der Waals surface area contributed by atoms with Gasteiger partial charge in [0.05, 0.1) is 6.42 Å². The fourth-order valence-corrected chi connectivity index (χ4v) is 4.65. The first-order valence-electron chi connectivity index (χ1n) is 7.51. The van der Waals surface area contributed by atoms with Crippen LogP contribution in [0, 0.1) is 5.92 Å². The van der Waals surface area contributed by atoms with Gasteiger partial charge in [0.15, 0.2) is 0 Å². The molecule has 0 amide bonds. The van der Waals surface area contributed by atoms with Gasteiger partial charge >= 0.3 is 5.97 Å². The van der Waals surface area contributed by atoms with E-state index in [-0.39, 0.29) is 24.8 Å². The number of piperidine rings is 1. The van der Waals surface area contributed by atoms with Gasteiger partial charge in [-0.1, -0.05) is 12.2 Å². The summed E-state index contributed by atoms with van der Waals surface area (Å²) in [6, 6.07) is 0.745. The molecule has 1 aliphatic carbocycles. The Balaban J connectivity index is 1.72. The largest absolute Gasteiger partial charge is 0.455 e. The van der Waals surface area contributed by atoms with E-state index in [1.807, 2.05) is 0 Å². The predicted molar refractivity (Wildman–Crippen MR) is 71.0 cm³/mol. The molecule has 0 saturated carbocycles. The third-order valence-corrected chi connectivity index (χ3v) is 5.38. The average Bonchev–Trinajstić information content (AvgIpc) is 3.02. The van der Waals surface area contributed by atoms with Crippen LogP contribution in [-0.4, -0.2) is 55.1 Å². The second-order valence-electron chi connectivity index (χ2n) is 6.34. The van der Waals surface area contributed by atoms with E-state index >= 15 is 0 Å². The first-order valence-corrected chi connectivity index (χ1v) is 7.51. The molecule has 110 valence electrons. The lowest BCUT2D eigenvalue weighted by molar-refractivity contribution is -0.218. The molecule has 3 fully saturated rings. The summed E-state index contributed by atoms with van der Waals surface area (Å²) in [5, 5.41) is 0. The highest BCUT2D eigenvalue weighted by Gasteiger charge is 2.63. The highest BCUT2D eigenvalue weighted by Crippen LogP contribution is 2.51. The molecular weight excluding hydrogens is 258 g/mol. The molecule has 5 heteroatoms. The van der Waals surface area contributed by atoms with Crippen molar-refractivity contribution in [2.24, 2.45) is 5.92 Å². The van der Waals surface area contributed by atoms with Crippen molar-refractivity contribution < 1.29 is 19.0 Å². The molecule has 3 aliphatic heterocycles. The van der Waals surface area contributed by atoms with Crippen LogP contribution in [0.3, 0.4) is 0 Å². The number of ether oxygens (including phenoxy) is 3. The number of carbonyl (C=O) groups is 1. The summed E-state index contributed by atoms with van der Waals surface area (Å²) in [6.45, 7) is 1.37. The summed E-state index contributed by atoms with van der Waals surface area (Å²) >= 11 is 0. The summed E-state index contributed by atoms with van der Waals surface area (Å²) < 4.78 is 17.0. The molecule has 2 bridgehead atoms. The topological polar surface area (TPSA) is 48.0 Å². The standard InChI is InChI=1S/C15H21NO4/c1-18-9-19-14-12-3-2-6-16(12)11-5-4-10-7-13(17)20-15(10,14)8-11/h4-5,10-12,14H,2-3,6-9H2,1H3. The van der Waals surface area contributed by atoms with Crippen LogP contribution >= 0.6 is 0 Å². The fraction of sp³-hybridized carbons (Fsp3) is 0.800. The predicted octanol–water partition coefficient (Wildman–Crippen LogP) is 1.08. The SMILES string of the molecule is COCOC1C2CCCN2C2C=CC3CC(=O)OC31C2. The van der Waals surface area contributed by atoms with Crippen molar-refractivity contribution in [2.75, 3.05) is 20.4 Å². The number of fused-ring (bicyclic) bond motifs is 3. The molecule has 4 aliphatic rings. The lowest BCUT2D eigenvalue weighted by Gasteiger charge is -2.53. The van der Waals surface area contributed by atoms with Crippen molar-refractivity contribution in [1.82, 2.24) is 4.90 Å². The van der Waals surface area contributed by atoms with Gasteiger partial charge in [0.25, 0.3) is 0 Å². The number of hydrogen-bond donors (Lipinski definition) is 0. The van der Waals surface area contributed by atoms with E-state index in [0.29, 0.717) is 18.5 Å². The Morgan fingerprint density at radius 2 is 2.40 bits per heavy atom. The van der Waals surface area contributed by atoms with E-state index in [2.05, 4.69) is 17.1 Å². The van der Waals surface area contributed by atoms with E-state index < -0.39 is 5.60 Å². The zero-order valence-corrected chi connectivity index (χ0v) is 11.8. The molecule has 3 heterocycles. The van der Waals surface area contributed by atoms with E-state index in [4.69, 9.17) is 14.2 Å². The highest BCUT2D eigenvalue weighted by atomic mass is 16.7. The fourth-order valence-electron chi connectivity index (χ4n) is 4.65. The Morgan fingerprint density at radius 1 is 1.50 bits per heavy atom. The molecule has 0 aromatic rings. The summed E-state index contributed by atoms with van der Waals surface area (Å²) in [5.41, 5.74) is -0.458. The first-order chi connectivity index (χ1) is 9.74. The molecule has 0 aromatic carbocycles. The number of carbonyl (C=O) groups excluding carboxylic acids is 1. The van der Waals surface area contributed by atoms with Gasteiger partial charge in [-0.3, -0.25) is 9.69 Å². The monoisotopic (exact) mass is 279 g/mol. The van der Waals surface area contributed by atoms with Gasteiger partial charge in [-0.2, -0.15) is 0 Å². The average molecular weight is 279 g/mol. The molecule has 1 spiro atoms.